The number of carbonyl (C=O) groups is 2. The number of aryl methyl sites for hydroxylation is 1. The molecule has 0 unspecified atom stereocenters. The van der Waals surface area contributed by atoms with Gasteiger partial charge in [0, 0.05) is 11.3 Å². The van der Waals surface area contributed by atoms with Crippen LogP contribution in [-0.2, 0) is 16.0 Å². The Bertz CT molecular complexity index is 420. The van der Waals surface area contributed by atoms with E-state index in [1.807, 2.05) is 17.5 Å². The molecular weight excluding hydrogens is 262 g/mol. The third-order valence-corrected chi connectivity index (χ3v) is 3.76. The normalized spacial score (nSPS) is 13.0. The van der Waals surface area contributed by atoms with E-state index < -0.39 is 17.4 Å². The fraction of sp³-hybridized carbons (Fsp3) is 0.571. The predicted octanol–water partition coefficient (Wildman–Crippen LogP) is 2.69. The van der Waals surface area contributed by atoms with Gasteiger partial charge in [0.15, 0.2) is 0 Å². The number of hydrogen-bond donors (Lipinski definition) is 2. The van der Waals surface area contributed by atoms with Crippen molar-refractivity contribution in [1.82, 2.24) is 5.32 Å². The van der Waals surface area contributed by atoms with E-state index in [9.17, 15) is 9.59 Å². The third-order valence-electron chi connectivity index (χ3n) is 2.83. The van der Waals surface area contributed by atoms with Gasteiger partial charge in [0.2, 0.25) is 5.91 Å². The number of amides is 1. The molecule has 0 radical (unpaired) electrons. The largest absolute Gasteiger partial charge is 0.480 e. The SMILES string of the molecule is CC(C)(C)[C@H](NC(=O)CCCc1cccs1)C(=O)O. The first-order valence-corrected chi connectivity index (χ1v) is 7.23. The van der Waals surface area contributed by atoms with Gasteiger partial charge in [-0.05, 0) is 29.7 Å². The van der Waals surface area contributed by atoms with Crippen LogP contribution in [0.25, 0.3) is 0 Å². The van der Waals surface area contributed by atoms with Gasteiger partial charge in [0.25, 0.3) is 0 Å². The molecule has 0 aliphatic rings. The molecular formula is C14H21NO3S. The first-order chi connectivity index (χ1) is 8.80. The summed E-state index contributed by atoms with van der Waals surface area (Å²) in [4.78, 5) is 24.1. The highest BCUT2D eigenvalue weighted by Gasteiger charge is 2.32. The fourth-order valence-corrected chi connectivity index (χ4v) is 2.51. The third kappa shape index (κ3) is 5.42. The molecule has 0 spiro atoms. The second-order valence-electron chi connectivity index (χ2n) is 5.64. The summed E-state index contributed by atoms with van der Waals surface area (Å²) >= 11 is 1.67. The molecule has 0 aromatic carbocycles. The molecule has 0 bridgehead atoms. The maximum Gasteiger partial charge on any atom is 0.326 e. The van der Waals surface area contributed by atoms with Crippen LogP contribution in [0.2, 0.25) is 0 Å². The van der Waals surface area contributed by atoms with Gasteiger partial charge in [0.1, 0.15) is 6.04 Å². The minimum Gasteiger partial charge on any atom is -0.480 e. The van der Waals surface area contributed by atoms with Crippen LogP contribution in [-0.4, -0.2) is 23.0 Å². The average molecular weight is 283 g/mol. The van der Waals surface area contributed by atoms with Crippen molar-refractivity contribution in [3.8, 4) is 0 Å². The Morgan fingerprint density at radius 1 is 1.42 bits per heavy atom. The number of rotatable bonds is 6. The number of aliphatic carboxylic acids is 1. The zero-order chi connectivity index (χ0) is 14.5. The standard InChI is InChI=1S/C14H21NO3S/c1-14(2,3)12(13(17)18)15-11(16)8-4-6-10-7-5-9-19-10/h5,7,9,12H,4,6,8H2,1-3H3,(H,15,16)(H,17,18)/t12-/m1/s1. The number of hydrogen-bond acceptors (Lipinski definition) is 3. The quantitative estimate of drug-likeness (QED) is 0.843. The maximum absolute atomic E-state index is 11.8. The lowest BCUT2D eigenvalue weighted by Gasteiger charge is -2.27. The number of nitrogens with one attached hydrogen (secondary N) is 1. The number of carbonyl (C=O) groups excluding carboxylic acids is 1. The van der Waals surface area contributed by atoms with Gasteiger partial charge in [-0.2, -0.15) is 0 Å². The predicted molar refractivity (Wildman–Crippen MR) is 76.3 cm³/mol. The van der Waals surface area contributed by atoms with Crippen LogP contribution in [0.3, 0.4) is 0 Å². The van der Waals surface area contributed by atoms with Gasteiger partial charge in [-0.3, -0.25) is 4.79 Å². The second-order valence-corrected chi connectivity index (χ2v) is 6.67. The molecule has 1 rings (SSSR count). The molecule has 0 fully saturated rings. The van der Waals surface area contributed by atoms with E-state index in [1.165, 1.54) is 4.88 Å². The highest BCUT2D eigenvalue weighted by Crippen LogP contribution is 2.19. The molecule has 1 aromatic heterocycles. The summed E-state index contributed by atoms with van der Waals surface area (Å²) < 4.78 is 0. The van der Waals surface area contributed by atoms with Gasteiger partial charge < -0.3 is 10.4 Å². The van der Waals surface area contributed by atoms with Crippen LogP contribution in [0.15, 0.2) is 17.5 Å². The van der Waals surface area contributed by atoms with Gasteiger partial charge in [-0.15, -0.1) is 11.3 Å². The fourth-order valence-electron chi connectivity index (χ4n) is 1.76. The minimum absolute atomic E-state index is 0.195. The molecule has 1 heterocycles. The molecule has 1 atom stereocenters. The second kappa shape index (κ2) is 6.70. The van der Waals surface area contributed by atoms with Crippen molar-refractivity contribution in [3.63, 3.8) is 0 Å². The van der Waals surface area contributed by atoms with Crippen LogP contribution in [0, 0.1) is 5.41 Å². The van der Waals surface area contributed by atoms with Crippen molar-refractivity contribution < 1.29 is 14.7 Å². The Morgan fingerprint density at radius 2 is 2.11 bits per heavy atom. The van der Waals surface area contributed by atoms with Crippen LogP contribution < -0.4 is 5.32 Å². The van der Waals surface area contributed by atoms with Crippen molar-refractivity contribution in [2.45, 2.75) is 46.1 Å². The van der Waals surface area contributed by atoms with Crippen molar-refractivity contribution in [2.24, 2.45) is 5.41 Å². The first-order valence-electron chi connectivity index (χ1n) is 6.35. The van der Waals surface area contributed by atoms with Gasteiger partial charge in [-0.1, -0.05) is 26.8 Å². The summed E-state index contributed by atoms with van der Waals surface area (Å²) in [5.74, 6) is -1.18. The first kappa shape index (κ1) is 15.7. The number of thiophene rings is 1. The molecule has 2 N–H and O–H groups in total. The van der Waals surface area contributed by atoms with Gasteiger partial charge in [-0.25, -0.2) is 4.79 Å². The van der Waals surface area contributed by atoms with E-state index in [1.54, 1.807) is 32.1 Å². The van der Waals surface area contributed by atoms with Crippen LogP contribution in [0.5, 0.6) is 0 Å². The Labute approximate surface area is 117 Å². The molecule has 106 valence electrons. The lowest BCUT2D eigenvalue weighted by atomic mass is 9.86. The highest BCUT2D eigenvalue weighted by atomic mass is 32.1. The molecule has 1 aromatic rings. The van der Waals surface area contributed by atoms with Crippen LogP contribution in [0.4, 0.5) is 0 Å². The van der Waals surface area contributed by atoms with Crippen molar-refractivity contribution in [3.05, 3.63) is 22.4 Å². The molecule has 4 nitrogen and oxygen atoms in total. The van der Waals surface area contributed by atoms with E-state index in [2.05, 4.69) is 5.32 Å². The number of carboxylic acids is 1. The van der Waals surface area contributed by atoms with E-state index in [4.69, 9.17) is 5.11 Å². The zero-order valence-corrected chi connectivity index (χ0v) is 12.4. The molecule has 19 heavy (non-hydrogen) atoms. The Hall–Kier alpha value is -1.36. The Morgan fingerprint density at radius 3 is 2.58 bits per heavy atom. The molecule has 0 aliphatic carbocycles. The lowest BCUT2D eigenvalue weighted by Crippen LogP contribution is -2.49. The average Bonchev–Trinajstić information content (AvgIpc) is 2.77. The maximum atomic E-state index is 11.8. The van der Waals surface area contributed by atoms with Crippen molar-refractivity contribution in [1.29, 1.82) is 0 Å². The zero-order valence-electron chi connectivity index (χ0n) is 11.6. The highest BCUT2D eigenvalue weighted by molar-refractivity contribution is 7.09. The smallest absolute Gasteiger partial charge is 0.326 e. The molecule has 0 saturated carbocycles. The van der Waals surface area contributed by atoms with Crippen LogP contribution in [0.1, 0.15) is 38.5 Å². The van der Waals surface area contributed by atoms with Crippen LogP contribution >= 0.6 is 11.3 Å². The van der Waals surface area contributed by atoms with Crippen molar-refractivity contribution >= 4 is 23.2 Å². The monoisotopic (exact) mass is 283 g/mol. The Balaban J connectivity index is 2.39. The van der Waals surface area contributed by atoms with Crippen molar-refractivity contribution in [2.75, 3.05) is 0 Å². The molecule has 0 saturated heterocycles. The van der Waals surface area contributed by atoms with E-state index in [0.29, 0.717) is 6.42 Å². The van der Waals surface area contributed by atoms with E-state index in [0.717, 1.165) is 12.8 Å². The van der Waals surface area contributed by atoms with Gasteiger partial charge >= 0.3 is 5.97 Å². The summed E-state index contributed by atoms with van der Waals surface area (Å²) in [7, 11) is 0. The summed E-state index contributed by atoms with van der Waals surface area (Å²) in [6, 6.07) is 3.18. The topological polar surface area (TPSA) is 66.4 Å². The van der Waals surface area contributed by atoms with E-state index >= 15 is 0 Å². The summed E-state index contributed by atoms with van der Waals surface area (Å²) in [5, 5.41) is 13.7. The minimum atomic E-state index is -0.987. The summed E-state index contributed by atoms with van der Waals surface area (Å²) in [6.45, 7) is 5.41. The molecule has 1 amide bonds. The number of carboxylic acid groups (broad SMARTS) is 1. The molecule has 0 aliphatic heterocycles. The molecule has 5 heteroatoms. The lowest BCUT2D eigenvalue weighted by molar-refractivity contribution is -0.144. The summed E-state index contributed by atoms with van der Waals surface area (Å²) in [5.41, 5.74) is -0.491. The summed E-state index contributed by atoms with van der Waals surface area (Å²) in [6.07, 6.45) is 1.96. The Kier molecular flexibility index (Phi) is 5.54. The van der Waals surface area contributed by atoms with Gasteiger partial charge in [0.05, 0.1) is 0 Å². The van der Waals surface area contributed by atoms with E-state index in [-0.39, 0.29) is 5.91 Å².